The molecule has 0 atom stereocenters. The number of hydrogen-bond acceptors (Lipinski definition) is 3. The summed E-state index contributed by atoms with van der Waals surface area (Å²) >= 11 is 5.73. The Morgan fingerprint density at radius 3 is 2.71 bits per heavy atom. The number of aromatic nitrogens is 1. The lowest BCUT2D eigenvalue weighted by Gasteiger charge is -2.28. The van der Waals surface area contributed by atoms with Gasteiger partial charge in [-0.3, -0.25) is 9.69 Å². The fourth-order valence-electron chi connectivity index (χ4n) is 3.40. The largest absolute Gasteiger partial charge is 0.321 e. The van der Waals surface area contributed by atoms with Crippen molar-refractivity contribution < 1.29 is 9.18 Å². The normalized spacial score (nSPS) is 13.8. The van der Waals surface area contributed by atoms with E-state index in [9.17, 15) is 9.18 Å². The van der Waals surface area contributed by atoms with Gasteiger partial charge in [-0.2, -0.15) is 0 Å². The smallest absolute Gasteiger partial charge is 0.255 e. The van der Waals surface area contributed by atoms with E-state index in [-0.39, 0.29) is 17.3 Å². The summed E-state index contributed by atoms with van der Waals surface area (Å²) in [6, 6.07) is 16.2. The summed E-state index contributed by atoms with van der Waals surface area (Å²) in [7, 11) is 0. The van der Waals surface area contributed by atoms with Crippen molar-refractivity contribution >= 4 is 23.2 Å². The molecule has 0 saturated carbocycles. The minimum atomic E-state index is -0.388. The number of pyridine rings is 1. The quantitative estimate of drug-likeness (QED) is 0.652. The molecule has 0 unspecified atom stereocenters. The van der Waals surface area contributed by atoms with Gasteiger partial charge in [0.25, 0.3) is 5.91 Å². The minimum absolute atomic E-state index is 0.264. The van der Waals surface area contributed by atoms with Crippen molar-refractivity contribution in [1.82, 2.24) is 9.88 Å². The second kappa shape index (κ2) is 8.09. The molecular formula is C22H19ClFN3O. The molecule has 3 aromatic rings. The third kappa shape index (κ3) is 4.21. The van der Waals surface area contributed by atoms with Crippen LogP contribution in [0.25, 0.3) is 0 Å². The molecule has 0 radical (unpaired) electrons. The molecule has 142 valence electrons. The summed E-state index contributed by atoms with van der Waals surface area (Å²) in [6.45, 7) is 2.22. The Balaban J connectivity index is 1.43. The Morgan fingerprint density at radius 1 is 1.14 bits per heavy atom. The van der Waals surface area contributed by atoms with Crippen LogP contribution in [0, 0.1) is 5.82 Å². The summed E-state index contributed by atoms with van der Waals surface area (Å²) in [5.74, 6) is -0.762. The number of amides is 1. The number of hydrogen-bond donors (Lipinski definition) is 1. The van der Waals surface area contributed by atoms with E-state index in [1.807, 2.05) is 6.07 Å². The standard InChI is InChI=1S/C22H19ClFN3O/c23-21-8-7-19(12-25-21)26-22(28)16-5-6-18(20(24)11-16)14-27-10-9-15-3-1-2-4-17(15)13-27/h1-8,11-12H,9-10,13-14H2,(H,26,28). The molecule has 28 heavy (non-hydrogen) atoms. The van der Waals surface area contributed by atoms with Crippen LogP contribution >= 0.6 is 11.6 Å². The van der Waals surface area contributed by atoms with E-state index in [0.29, 0.717) is 22.9 Å². The van der Waals surface area contributed by atoms with Crippen LogP contribution in [0.5, 0.6) is 0 Å². The van der Waals surface area contributed by atoms with Crippen LogP contribution < -0.4 is 5.32 Å². The number of halogens is 2. The number of carbonyl (C=O) groups is 1. The van der Waals surface area contributed by atoms with Gasteiger partial charge in [0, 0.05) is 30.8 Å². The third-order valence-corrected chi connectivity index (χ3v) is 5.13. The van der Waals surface area contributed by atoms with Crippen LogP contribution in [0.1, 0.15) is 27.0 Å². The monoisotopic (exact) mass is 395 g/mol. The first-order valence-electron chi connectivity index (χ1n) is 9.09. The van der Waals surface area contributed by atoms with E-state index < -0.39 is 0 Å². The van der Waals surface area contributed by atoms with Gasteiger partial charge in [0.05, 0.1) is 11.9 Å². The van der Waals surface area contributed by atoms with Gasteiger partial charge in [-0.1, -0.05) is 41.9 Å². The zero-order valence-electron chi connectivity index (χ0n) is 15.2. The van der Waals surface area contributed by atoms with Gasteiger partial charge in [0.2, 0.25) is 0 Å². The zero-order chi connectivity index (χ0) is 19.5. The average Bonchev–Trinajstić information content (AvgIpc) is 2.71. The summed E-state index contributed by atoms with van der Waals surface area (Å²) < 4.78 is 14.6. The summed E-state index contributed by atoms with van der Waals surface area (Å²) in [6.07, 6.45) is 2.42. The maximum atomic E-state index is 14.6. The fourth-order valence-corrected chi connectivity index (χ4v) is 3.51. The third-order valence-electron chi connectivity index (χ3n) is 4.90. The molecule has 0 spiro atoms. The van der Waals surface area contributed by atoms with E-state index in [0.717, 1.165) is 19.5 Å². The molecule has 1 amide bonds. The predicted molar refractivity (Wildman–Crippen MR) is 108 cm³/mol. The van der Waals surface area contributed by atoms with Crippen molar-refractivity contribution in [2.45, 2.75) is 19.5 Å². The Hall–Kier alpha value is -2.76. The molecule has 0 fully saturated rings. The highest BCUT2D eigenvalue weighted by Gasteiger charge is 2.18. The molecule has 1 aliphatic heterocycles. The van der Waals surface area contributed by atoms with Crippen LogP contribution in [0.2, 0.25) is 5.15 Å². The van der Waals surface area contributed by atoms with Gasteiger partial charge in [0.15, 0.2) is 0 Å². The molecule has 1 N–H and O–H groups in total. The molecule has 2 aromatic carbocycles. The van der Waals surface area contributed by atoms with E-state index in [1.54, 1.807) is 24.3 Å². The van der Waals surface area contributed by atoms with Gasteiger partial charge < -0.3 is 5.32 Å². The van der Waals surface area contributed by atoms with E-state index in [2.05, 4.69) is 33.4 Å². The highest BCUT2D eigenvalue weighted by atomic mass is 35.5. The molecular weight excluding hydrogens is 377 g/mol. The second-order valence-corrected chi connectivity index (χ2v) is 7.25. The van der Waals surface area contributed by atoms with Crippen molar-refractivity contribution in [2.24, 2.45) is 0 Å². The van der Waals surface area contributed by atoms with Crippen LogP contribution in [-0.4, -0.2) is 22.3 Å². The lowest BCUT2D eigenvalue weighted by molar-refractivity contribution is 0.102. The maximum Gasteiger partial charge on any atom is 0.255 e. The van der Waals surface area contributed by atoms with Gasteiger partial charge in [-0.15, -0.1) is 0 Å². The Kier molecular flexibility index (Phi) is 5.37. The SMILES string of the molecule is O=C(Nc1ccc(Cl)nc1)c1ccc(CN2CCc3ccccc3C2)c(F)c1. The first kappa shape index (κ1) is 18.6. The zero-order valence-corrected chi connectivity index (χ0v) is 15.9. The highest BCUT2D eigenvalue weighted by Crippen LogP contribution is 2.22. The lowest BCUT2D eigenvalue weighted by Crippen LogP contribution is -2.30. The van der Waals surface area contributed by atoms with Crippen molar-refractivity contribution in [1.29, 1.82) is 0 Å². The molecule has 4 rings (SSSR count). The van der Waals surface area contributed by atoms with Crippen LogP contribution in [0.15, 0.2) is 60.8 Å². The Bertz CT molecular complexity index is 1010. The van der Waals surface area contributed by atoms with Gasteiger partial charge in [0.1, 0.15) is 11.0 Å². The van der Waals surface area contributed by atoms with Crippen molar-refractivity contribution in [2.75, 3.05) is 11.9 Å². The van der Waals surface area contributed by atoms with Crippen LogP contribution in [0.3, 0.4) is 0 Å². The van der Waals surface area contributed by atoms with E-state index in [4.69, 9.17) is 11.6 Å². The maximum absolute atomic E-state index is 14.6. The first-order chi connectivity index (χ1) is 13.6. The molecule has 0 aliphatic carbocycles. The first-order valence-corrected chi connectivity index (χ1v) is 9.47. The fraction of sp³-hybridized carbons (Fsp3) is 0.182. The van der Waals surface area contributed by atoms with Crippen molar-refractivity contribution in [3.63, 3.8) is 0 Å². The molecule has 0 saturated heterocycles. The van der Waals surface area contributed by atoms with Gasteiger partial charge >= 0.3 is 0 Å². The van der Waals surface area contributed by atoms with Crippen molar-refractivity contribution in [3.05, 3.63) is 94.0 Å². The summed E-state index contributed by atoms with van der Waals surface area (Å²) in [5, 5.41) is 3.03. The number of carbonyl (C=O) groups excluding carboxylic acids is 1. The summed E-state index contributed by atoms with van der Waals surface area (Å²) in [5.41, 5.74) is 4.01. The lowest BCUT2D eigenvalue weighted by atomic mass is 9.99. The molecule has 6 heteroatoms. The van der Waals surface area contributed by atoms with Crippen LogP contribution in [0.4, 0.5) is 10.1 Å². The summed E-state index contributed by atoms with van der Waals surface area (Å²) in [4.78, 5) is 18.5. The molecule has 2 heterocycles. The average molecular weight is 396 g/mol. The number of anilines is 1. The van der Waals surface area contributed by atoms with Crippen LogP contribution in [-0.2, 0) is 19.5 Å². The molecule has 0 bridgehead atoms. The number of benzene rings is 2. The minimum Gasteiger partial charge on any atom is -0.321 e. The number of nitrogens with zero attached hydrogens (tertiary/aromatic N) is 2. The molecule has 1 aliphatic rings. The molecule has 1 aromatic heterocycles. The Labute approximate surface area is 168 Å². The van der Waals surface area contributed by atoms with Crippen molar-refractivity contribution in [3.8, 4) is 0 Å². The molecule has 4 nitrogen and oxygen atoms in total. The van der Waals surface area contributed by atoms with E-state index in [1.165, 1.54) is 23.4 Å². The number of fused-ring (bicyclic) bond motifs is 1. The topological polar surface area (TPSA) is 45.2 Å². The van der Waals surface area contributed by atoms with E-state index >= 15 is 0 Å². The van der Waals surface area contributed by atoms with Gasteiger partial charge in [-0.25, -0.2) is 9.37 Å². The Morgan fingerprint density at radius 2 is 1.96 bits per heavy atom. The van der Waals surface area contributed by atoms with Gasteiger partial charge in [-0.05, 0) is 41.8 Å². The second-order valence-electron chi connectivity index (χ2n) is 6.86. The number of nitrogens with one attached hydrogen (secondary N) is 1. The predicted octanol–water partition coefficient (Wildman–Crippen LogP) is 4.68. The highest BCUT2D eigenvalue weighted by molar-refractivity contribution is 6.29. The number of rotatable bonds is 4.